The number of hydrogen-bond acceptors (Lipinski definition) is 15. The first-order valence-electron chi connectivity index (χ1n) is 45.7. The number of fused-ring (bicyclic) bond motifs is 21. The molecular formula is C99H155BNaO15. The second-order valence-corrected chi connectivity index (χ2v) is 46.0. The third kappa shape index (κ3) is 13.7. The fraction of sp³-hybridized carbons (Fsp3) is 0.869. The minimum Gasteiger partial charge on any atom is -1.00 e. The van der Waals surface area contributed by atoms with Crippen molar-refractivity contribution >= 4 is 50.0 Å². The number of ketones is 1. The predicted molar refractivity (Wildman–Crippen MR) is 449 cm³/mol. The number of aliphatic hydroxyl groups excluding tert-OH is 2. The Morgan fingerprint density at radius 1 is 0.336 bits per heavy atom. The van der Waals surface area contributed by atoms with Gasteiger partial charge in [0.25, 0.3) is 0 Å². The van der Waals surface area contributed by atoms with Crippen molar-refractivity contribution in [3.63, 3.8) is 0 Å². The van der Waals surface area contributed by atoms with E-state index in [4.69, 9.17) is 28.4 Å². The first-order valence-corrected chi connectivity index (χ1v) is 45.7. The fourth-order valence-corrected chi connectivity index (χ4v) is 35.2. The van der Waals surface area contributed by atoms with Crippen LogP contribution in [-0.4, -0.2) is 92.8 Å². The van der Waals surface area contributed by atoms with Crippen LogP contribution in [0.2, 0.25) is 0 Å². The molecule has 15 rings (SSSR count). The molecule has 29 atom stereocenters. The zero-order valence-corrected chi connectivity index (χ0v) is 78.5. The smallest absolute Gasteiger partial charge is 1.00 e. The number of esters is 6. The Labute approximate surface area is 725 Å². The van der Waals surface area contributed by atoms with Gasteiger partial charge >= 0.3 is 65.4 Å². The Morgan fingerprint density at radius 3 is 0.888 bits per heavy atom. The zero-order valence-electron chi connectivity index (χ0n) is 77.5. The van der Waals surface area contributed by atoms with Gasteiger partial charge in [-0.25, -0.2) is 0 Å². The predicted octanol–water partition coefficient (Wildman–Crippen LogP) is 18.1. The van der Waals surface area contributed by atoms with Gasteiger partial charge < -0.3 is 40.1 Å². The summed E-state index contributed by atoms with van der Waals surface area (Å²) in [4.78, 5) is 88.2. The molecule has 0 amide bonds. The summed E-state index contributed by atoms with van der Waals surface area (Å²) in [6.07, 6.45) is 30.5. The summed E-state index contributed by atoms with van der Waals surface area (Å²) >= 11 is 0. The van der Waals surface area contributed by atoms with Gasteiger partial charge in [0.1, 0.15) is 5.78 Å². The largest absolute Gasteiger partial charge is 1.00 e. The van der Waals surface area contributed by atoms with Gasteiger partial charge in [-0.3, -0.25) is 33.6 Å². The molecule has 645 valence electrons. The molecule has 15 aliphatic rings. The molecule has 17 heteroatoms. The van der Waals surface area contributed by atoms with Gasteiger partial charge in [-0.2, -0.15) is 0 Å². The number of carbonyl (C=O) groups is 7. The van der Waals surface area contributed by atoms with Crippen molar-refractivity contribution in [1.82, 2.24) is 0 Å². The van der Waals surface area contributed by atoms with Crippen molar-refractivity contribution in [3.8, 4) is 0 Å². The van der Waals surface area contributed by atoms with E-state index in [9.17, 15) is 43.8 Å². The summed E-state index contributed by atoms with van der Waals surface area (Å²) in [5.74, 6) is 5.05. The van der Waals surface area contributed by atoms with Crippen LogP contribution < -0.4 is 29.6 Å². The zero-order chi connectivity index (χ0) is 83.7. The summed E-state index contributed by atoms with van der Waals surface area (Å²) in [7, 11) is 0. The number of ether oxygens (including phenoxy) is 6. The molecule has 0 aliphatic heterocycles. The van der Waals surface area contributed by atoms with Gasteiger partial charge in [-0.05, 0) is 355 Å². The average molecular weight is 1620 g/mol. The molecule has 15 nitrogen and oxygen atoms in total. The van der Waals surface area contributed by atoms with E-state index in [1.54, 1.807) is 0 Å². The number of allylic oxidation sites excluding steroid dienone is 3. The SMILES string of the molecule is C=C(C)C1CC[C@]2(C(=O)OCOC(C)=O)CC[C@]3(C)[C@H](CC[C@@H]4[C@@]5(C)CCC(=O)C(C)(C)C5CC[C@]43C)C12.C=C(C)C1CC[C@]2(C(=O)OCOC(C)=O)CC[C@]3(C)[C@H](CC[C@@H]4[C@@]5(C)CC[C@@H](O)C(C)(C)C5CC[C@]43C)C12.C=C(C)C1CC[C@]2(C(=O)OCOC(C)=O)CC[C@]3(C)[C@H](CC[C@@H]4[C@@]5(C)CC[C@H](O)C(C)(C)C5CC[C@]43C)C12.[B].[H-].[Na+]. The molecule has 0 bridgehead atoms. The summed E-state index contributed by atoms with van der Waals surface area (Å²) < 4.78 is 32.0. The van der Waals surface area contributed by atoms with Crippen LogP contribution in [0.1, 0.15) is 339 Å². The van der Waals surface area contributed by atoms with E-state index in [1.807, 2.05) is 0 Å². The molecule has 15 fully saturated rings. The first-order chi connectivity index (χ1) is 52.9. The van der Waals surface area contributed by atoms with Crippen molar-refractivity contribution in [3.05, 3.63) is 36.5 Å². The Bertz CT molecular complexity index is 3670. The van der Waals surface area contributed by atoms with Crippen molar-refractivity contribution in [1.29, 1.82) is 0 Å². The van der Waals surface area contributed by atoms with Crippen LogP contribution in [0.25, 0.3) is 0 Å². The van der Waals surface area contributed by atoms with E-state index >= 15 is 0 Å². The normalized spacial score (nSPS) is 47.6. The van der Waals surface area contributed by atoms with Gasteiger partial charge in [-0.1, -0.05) is 140 Å². The minimum atomic E-state index is -0.516. The standard InChI is InChI=1S/2C33H52O5.C33H50O5.B.Na.H/c3*1-20(2)22-11-16-33(28(36)38-19-37-21(3)34)18-17-31(7)23(27(22)33)9-10-25-30(6)14-13-26(35)29(4,5)24(30)12-15-32(25,31)8;;;/h2*22-27,35H,1,9-19H2,2-8H3;22-25,27H,1,9-19H2,2-8H3;;;/q;;;;+1;-1/t22?,23-,24?,25-,26+,27?,30+,31-,32-,33+;22?,23-,24?,25-,26-,27?,30+,31-,32-,33+;22?,23-,24?,25-,27?,30+,31-,32-,33+;;;/m111.../s1. The maximum atomic E-state index is 13.8. The van der Waals surface area contributed by atoms with Crippen molar-refractivity contribution in [2.75, 3.05) is 20.4 Å². The number of Topliss-reactive ketones (excluding diaryl/α,β-unsaturated/α-hetero) is 1. The first kappa shape index (κ1) is 93.4. The Kier molecular flexibility index (Phi) is 25.8. The monoisotopic (exact) mass is 1620 g/mol. The molecule has 2 N–H and O–H groups in total. The van der Waals surface area contributed by atoms with Crippen molar-refractivity contribution in [2.24, 2.45) is 170 Å². The molecule has 0 spiro atoms. The van der Waals surface area contributed by atoms with E-state index in [0.29, 0.717) is 83.2 Å². The summed E-state index contributed by atoms with van der Waals surface area (Å²) in [5, 5.41) is 21.9. The summed E-state index contributed by atoms with van der Waals surface area (Å²) in [6.45, 7) is 59.5. The molecule has 0 aromatic heterocycles. The minimum absolute atomic E-state index is 0. The third-order valence-corrected chi connectivity index (χ3v) is 41.5. The van der Waals surface area contributed by atoms with Crippen molar-refractivity contribution in [2.45, 2.75) is 350 Å². The number of rotatable bonds is 12. The van der Waals surface area contributed by atoms with E-state index in [2.05, 4.69) is 144 Å². The molecule has 0 aromatic rings. The molecule has 9 unspecified atom stereocenters. The van der Waals surface area contributed by atoms with Crippen LogP contribution >= 0.6 is 0 Å². The van der Waals surface area contributed by atoms with Gasteiger partial charge in [0.05, 0.1) is 28.5 Å². The molecule has 116 heavy (non-hydrogen) atoms. The second kappa shape index (κ2) is 32.0. The third-order valence-electron chi connectivity index (χ3n) is 41.5. The molecule has 15 saturated carbocycles. The topological polar surface area (TPSA) is 215 Å². The van der Waals surface area contributed by atoms with Crippen molar-refractivity contribution < 1.29 is 103 Å². The molecule has 0 aromatic carbocycles. The molecule has 0 heterocycles. The molecule has 3 radical (unpaired) electrons. The van der Waals surface area contributed by atoms with Gasteiger partial charge in [-0.15, -0.1) is 0 Å². The maximum absolute atomic E-state index is 13.8. The van der Waals surface area contributed by atoms with Gasteiger partial charge in [0, 0.05) is 41.0 Å². The number of hydrogen-bond donors (Lipinski definition) is 2. The van der Waals surface area contributed by atoms with E-state index in [1.165, 1.54) is 82.4 Å². The van der Waals surface area contributed by atoms with E-state index in [0.717, 1.165) is 141 Å². The molecule has 15 aliphatic carbocycles. The molecule has 0 saturated heterocycles. The van der Waals surface area contributed by atoms with Crippen LogP contribution in [0.3, 0.4) is 0 Å². The quantitative estimate of drug-likeness (QED) is 0.0611. The number of aliphatic hydroxyl groups is 2. The van der Waals surface area contributed by atoms with E-state index < -0.39 is 34.2 Å². The average Bonchev–Trinajstić information content (AvgIpc) is 1.65. The maximum Gasteiger partial charge on any atom is 1.00 e. The van der Waals surface area contributed by atoms with Crippen LogP contribution in [0.15, 0.2) is 36.5 Å². The Hall–Kier alpha value is -3.31. The van der Waals surface area contributed by atoms with Gasteiger partial charge in [0.15, 0.2) is 0 Å². The van der Waals surface area contributed by atoms with Crippen LogP contribution in [-0.2, 0) is 62.0 Å². The van der Waals surface area contributed by atoms with Crippen LogP contribution in [0.5, 0.6) is 0 Å². The molecular weight excluding hydrogens is 1460 g/mol. The summed E-state index contributed by atoms with van der Waals surface area (Å²) in [6, 6.07) is 0. The Balaban J connectivity index is 0.000000183. The van der Waals surface area contributed by atoms with Crippen LogP contribution in [0.4, 0.5) is 0 Å². The van der Waals surface area contributed by atoms with E-state index in [-0.39, 0.29) is 173 Å². The number of carbonyl (C=O) groups excluding carboxylic acids is 7. The summed E-state index contributed by atoms with van der Waals surface area (Å²) in [5.41, 5.74) is 3.37. The fourth-order valence-electron chi connectivity index (χ4n) is 35.2. The Morgan fingerprint density at radius 2 is 0.612 bits per heavy atom. The van der Waals surface area contributed by atoms with Crippen LogP contribution in [0, 0.1) is 170 Å². The van der Waals surface area contributed by atoms with Gasteiger partial charge in [0.2, 0.25) is 20.4 Å². The second-order valence-electron chi connectivity index (χ2n) is 46.0.